The number of allylic oxidation sites excluding steroid dienone is 2. The van der Waals surface area contributed by atoms with Crippen molar-refractivity contribution < 1.29 is 13.9 Å². The van der Waals surface area contributed by atoms with E-state index in [0.29, 0.717) is 10.9 Å². The maximum Gasteiger partial charge on any atom is 0.376 e. The lowest BCUT2D eigenvalue weighted by molar-refractivity contribution is -0.910. The first-order chi connectivity index (χ1) is 13.3. The average molecular weight is 415 g/mol. The number of hydrogen-bond acceptors (Lipinski definition) is 2. The second-order valence-corrected chi connectivity index (χ2v) is 10.6. The van der Waals surface area contributed by atoms with Gasteiger partial charge < -0.3 is 4.89 Å². The van der Waals surface area contributed by atoms with Crippen LogP contribution in [0.15, 0.2) is 12.2 Å². The molecule has 2 atom stereocenters. The normalized spacial score (nSPS) is 15.1. The summed E-state index contributed by atoms with van der Waals surface area (Å²) in [5.41, 5.74) is 0. The minimum absolute atomic E-state index is 0.491. The van der Waals surface area contributed by atoms with E-state index in [0.717, 1.165) is 19.3 Å². The molecule has 0 saturated carbocycles. The molecule has 0 aliphatic rings. The van der Waals surface area contributed by atoms with Gasteiger partial charge in [0, 0.05) is 12.8 Å². The molecule has 4 heteroatoms. The fourth-order valence-electron chi connectivity index (χ4n) is 4.12. The summed E-state index contributed by atoms with van der Waals surface area (Å²) in [6, 6.07) is 0. The van der Waals surface area contributed by atoms with Crippen molar-refractivity contribution in [2.45, 2.75) is 122 Å². The molecule has 3 nitrogen and oxygen atoms in total. The lowest BCUT2D eigenvalue weighted by Gasteiger charge is -2.39. The van der Waals surface area contributed by atoms with Gasteiger partial charge >= 0.3 is 8.03 Å². The van der Waals surface area contributed by atoms with Crippen molar-refractivity contribution in [1.82, 2.24) is 0 Å². The molecule has 0 saturated heterocycles. The largest absolute Gasteiger partial charge is 0.590 e. The number of rotatable bonds is 19. The lowest BCUT2D eigenvalue weighted by atomic mass is 10.0. The van der Waals surface area contributed by atoms with Gasteiger partial charge in [0.2, 0.25) is 0 Å². The Morgan fingerprint density at radius 2 is 1.18 bits per heavy atom. The Labute approximate surface area is 177 Å². The van der Waals surface area contributed by atoms with E-state index < -0.39 is 13.3 Å². The van der Waals surface area contributed by atoms with Crippen molar-refractivity contribution >= 4 is 8.03 Å². The highest BCUT2D eigenvalue weighted by molar-refractivity contribution is 7.38. The molecule has 0 heterocycles. The molecule has 0 aromatic carbocycles. The Morgan fingerprint density at radius 1 is 0.750 bits per heavy atom. The summed E-state index contributed by atoms with van der Waals surface area (Å²) in [5, 5.41) is -0.626. The van der Waals surface area contributed by atoms with Gasteiger partial charge in [0.1, 0.15) is 0 Å². The highest BCUT2D eigenvalue weighted by atomic mass is 31.1. The van der Waals surface area contributed by atoms with Crippen LogP contribution in [0.4, 0.5) is 0 Å². The second kappa shape index (κ2) is 16.5. The fourth-order valence-corrected chi connectivity index (χ4v) is 5.21. The van der Waals surface area contributed by atoms with E-state index in [2.05, 4.69) is 19.1 Å². The van der Waals surface area contributed by atoms with Gasteiger partial charge in [-0.25, -0.2) is 0 Å². The predicted octanol–water partition coefficient (Wildman–Crippen LogP) is 7.33. The third-order valence-corrected chi connectivity index (χ3v) is 8.06. The Balaban J connectivity index is 3.69. The zero-order valence-electron chi connectivity index (χ0n) is 19.7. The van der Waals surface area contributed by atoms with Crippen LogP contribution in [0.5, 0.6) is 0 Å². The number of nitrogens with zero attached hydrogens (tertiary/aromatic N) is 1. The van der Waals surface area contributed by atoms with Crippen LogP contribution in [-0.4, -0.2) is 30.9 Å². The van der Waals surface area contributed by atoms with Crippen molar-refractivity contribution in [3.8, 4) is 0 Å². The molecular weight excluding hydrogens is 365 g/mol. The second-order valence-electron chi connectivity index (χ2n) is 9.29. The smallest absolute Gasteiger partial charge is 0.376 e. The topological polar surface area (TPSA) is 40.1 Å². The molecule has 166 valence electrons. The van der Waals surface area contributed by atoms with Crippen molar-refractivity contribution in [1.29, 1.82) is 0 Å². The van der Waals surface area contributed by atoms with Crippen molar-refractivity contribution in [3.05, 3.63) is 12.2 Å². The minimum atomic E-state index is -2.43. The van der Waals surface area contributed by atoms with E-state index in [-0.39, 0.29) is 0 Å². The highest BCUT2D eigenvalue weighted by Crippen LogP contribution is 2.44. The first-order valence-electron chi connectivity index (χ1n) is 11.9. The van der Waals surface area contributed by atoms with E-state index in [1.54, 1.807) is 0 Å². The van der Waals surface area contributed by atoms with Gasteiger partial charge in [0.05, 0.1) is 21.1 Å². The number of unbranched alkanes of at least 4 members (excludes halogenated alkanes) is 12. The van der Waals surface area contributed by atoms with Crippen LogP contribution in [0.25, 0.3) is 0 Å². The predicted molar refractivity (Wildman–Crippen MR) is 123 cm³/mol. The van der Waals surface area contributed by atoms with Crippen LogP contribution in [-0.2, 0) is 4.57 Å². The standard InChI is InChI=1S/C24H49NO2P/c1-6-8-9-10-11-12-13-14-15-16-17-18-19-20-21-22-23-24(7-2,28(26)27)25(3,4)5/h19-20H,6-18,21-23H2,1-5H3/q+1/b20-19-. The SMILES string of the molecule is CCCCCCCCCCCCC/C=C\CCCC(CC)([P+](=O)[O-])[N+](C)(C)C. The van der Waals surface area contributed by atoms with Gasteiger partial charge in [-0.2, -0.15) is 0 Å². The van der Waals surface area contributed by atoms with E-state index in [9.17, 15) is 9.46 Å². The lowest BCUT2D eigenvalue weighted by Crippen LogP contribution is -2.55. The van der Waals surface area contributed by atoms with Crippen LogP contribution < -0.4 is 4.89 Å². The first kappa shape index (κ1) is 27.8. The van der Waals surface area contributed by atoms with Crippen molar-refractivity contribution in [2.75, 3.05) is 21.1 Å². The molecule has 28 heavy (non-hydrogen) atoms. The molecule has 0 bridgehead atoms. The van der Waals surface area contributed by atoms with E-state index in [1.807, 2.05) is 28.1 Å². The molecular formula is C24H49NO2P+. The first-order valence-corrected chi connectivity index (χ1v) is 13.1. The third kappa shape index (κ3) is 11.7. The summed E-state index contributed by atoms with van der Waals surface area (Å²) >= 11 is 0. The summed E-state index contributed by atoms with van der Waals surface area (Å²) in [4.78, 5) is 11.9. The van der Waals surface area contributed by atoms with Crippen LogP contribution >= 0.6 is 8.03 Å². The Bertz CT molecular complexity index is 417. The van der Waals surface area contributed by atoms with Crippen LogP contribution in [0.1, 0.15) is 117 Å². The molecule has 0 aliphatic carbocycles. The molecule has 0 radical (unpaired) electrons. The molecule has 0 rings (SSSR count). The van der Waals surface area contributed by atoms with E-state index in [4.69, 9.17) is 0 Å². The number of hydrogen-bond donors (Lipinski definition) is 0. The minimum Gasteiger partial charge on any atom is -0.590 e. The molecule has 0 spiro atoms. The van der Waals surface area contributed by atoms with Crippen LogP contribution in [0, 0.1) is 0 Å². The van der Waals surface area contributed by atoms with Crippen LogP contribution in [0.3, 0.4) is 0 Å². The van der Waals surface area contributed by atoms with Gasteiger partial charge in [0.15, 0.2) is 0 Å². The molecule has 0 aromatic heterocycles. The average Bonchev–Trinajstić information content (AvgIpc) is 2.63. The Kier molecular flexibility index (Phi) is 16.4. The molecule has 0 aromatic rings. The summed E-state index contributed by atoms with van der Waals surface area (Å²) in [6.45, 7) is 4.27. The summed E-state index contributed by atoms with van der Waals surface area (Å²) < 4.78 is 12.4. The molecule has 0 aliphatic heterocycles. The quantitative estimate of drug-likeness (QED) is 0.0960. The molecule has 0 fully saturated rings. The number of quaternary nitrogens is 1. The summed E-state index contributed by atoms with van der Waals surface area (Å²) in [6.07, 6.45) is 24.3. The fraction of sp³-hybridized carbons (Fsp3) is 0.917. The molecule has 2 unspecified atom stereocenters. The zero-order chi connectivity index (χ0) is 21.3. The maximum absolute atomic E-state index is 11.9. The molecule has 0 N–H and O–H groups in total. The maximum atomic E-state index is 11.9. The molecule has 0 amide bonds. The van der Waals surface area contributed by atoms with Crippen molar-refractivity contribution in [2.24, 2.45) is 0 Å². The summed E-state index contributed by atoms with van der Waals surface area (Å²) in [7, 11) is 3.56. The van der Waals surface area contributed by atoms with Gasteiger partial charge in [-0.3, -0.25) is 4.48 Å². The highest BCUT2D eigenvalue weighted by Gasteiger charge is 2.52. The van der Waals surface area contributed by atoms with Crippen molar-refractivity contribution in [3.63, 3.8) is 0 Å². The van der Waals surface area contributed by atoms with Gasteiger partial charge in [-0.15, -0.1) is 0 Å². The van der Waals surface area contributed by atoms with Crippen LogP contribution in [0.2, 0.25) is 0 Å². The zero-order valence-corrected chi connectivity index (χ0v) is 20.6. The van der Waals surface area contributed by atoms with E-state index >= 15 is 0 Å². The Morgan fingerprint density at radius 3 is 1.57 bits per heavy atom. The van der Waals surface area contributed by atoms with E-state index in [1.165, 1.54) is 77.0 Å². The van der Waals surface area contributed by atoms with Gasteiger partial charge in [0.25, 0.3) is 5.28 Å². The summed E-state index contributed by atoms with van der Waals surface area (Å²) in [5.74, 6) is 0. The Hall–Kier alpha value is -0.240. The van der Waals surface area contributed by atoms with Gasteiger partial charge in [-0.1, -0.05) is 94.8 Å². The van der Waals surface area contributed by atoms with Gasteiger partial charge in [-0.05, 0) is 25.7 Å². The third-order valence-electron chi connectivity index (χ3n) is 6.24. The monoisotopic (exact) mass is 414 g/mol.